The molecule has 0 amide bonds. The van der Waals surface area contributed by atoms with Crippen LogP contribution in [0.15, 0.2) is 33.9 Å². The van der Waals surface area contributed by atoms with Crippen LogP contribution < -0.4 is 15.8 Å². The molecule has 1 fully saturated rings. The summed E-state index contributed by atoms with van der Waals surface area (Å²) in [5, 5.41) is 0. The fourth-order valence-electron chi connectivity index (χ4n) is 3.10. The molecule has 21 heavy (non-hydrogen) atoms. The van der Waals surface area contributed by atoms with Crippen LogP contribution in [0.4, 0.5) is 5.69 Å². The minimum absolute atomic E-state index is 0.306. The first-order chi connectivity index (χ1) is 10.1. The highest BCUT2D eigenvalue weighted by Gasteiger charge is 2.27. The normalized spacial score (nSPS) is 15.9. The fraction of sp³-hybridized carbons (Fsp3) is 0.444. The Kier molecular flexibility index (Phi) is 3.66. The lowest BCUT2D eigenvalue weighted by atomic mass is 9.94. The van der Waals surface area contributed by atoms with Crippen molar-refractivity contribution in [2.75, 3.05) is 18.0 Å². The highest BCUT2D eigenvalue weighted by molar-refractivity contribution is 5.82. The smallest absolute Gasteiger partial charge is 0.250 e. The number of benzene rings is 1. The lowest BCUT2D eigenvalue weighted by molar-refractivity contribution is 0.576. The van der Waals surface area contributed by atoms with Crippen molar-refractivity contribution >= 4 is 5.69 Å². The molecular formula is C18H21NO2. The molecule has 0 aromatic heterocycles. The SMILES string of the molecule is CC(C)c1ccc(-c2c(N3CCCCC3)c(=O)c2=O)cc1. The zero-order valence-electron chi connectivity index (χ0n) is 12.7. The third-order valence-corrected chi connectivity index (χ3v) is 4.42. The third-order valence-electron chi connectivity index (χ3n) is 4.42. The molecule has 0 bridgehead atoms. The van der Waals surface area contributed by atoms with Gasteiger partial charge in [0.25, 0.3) is 0 Å². The monoisotopic (exact) mass is 283 g/mol. The van der Waals surface area contributed by atoms with Crippen LogP contribution in [-0.2, 0) is 0 Å². The van der Waals surface area contributed by atoms with Crippen LogP contribution in [0.1, 0.15) is 44.6 Å². The Labute approximate surface area is 124 Å². The van der Waals surface area contributed by atoms with Gasteiger partial charge < -0.3 is 4.90 Å². The Morgan fingerprint density at radius 2 is 1.52 bits per heavy atom. The largest absolute Gasteiger partial charge is 0.368 e. The van der Waals surface area contributed by atoms with Gasteiger partial charge in [0, 0.05) is 13.1 Å². The summed E-state index contributed by atoms with van der Waals surface area (Å²) in [6.07, 6.45) is 3.42. The molecule has 1 heterocycles. The molecule has 0 N–H and O–H groups in total. The summed E-state index contributed by atoms with van der Waals surface area (Å²) >= 11 is 0. The first-order valence-electron chi connectivity index (χ1n) is 7.78. The maximum absolute atomic E-state index is 12.0. The first kappa shape index (κ1) is 14.1. The fourth-order valence-corrected chi connectivity index (χ4v) is 3.10. The standard InChI is InChI=1S/C18H21NO2/c1-12(2)13-6-8-14(9-7-13)15-16(18(21)17(15)20)19-10-4-3-5-11-19/h6-9,12H,3-5,10-11H2,1-2H3. The number of hydrogen-bond donors (Lipinski definition) is 0. The first-order valence-corrected chi connectivity index (χ1v) is 7.78. The quantitative estimate of drug-likeness (QED) is 0.812. The summed E-state index contributed by atoms with van der Waals surface area (Å²) in [5.74, 6) is 0.466. The number of piperidine rings is 1. The molecule has 2 aromatic rings. The van der Waals surface area contributed by atoms with Crippen LogP contribution in [0.2, 0.25) is 0 Å². The predicted octanol–water partition coefficient (Wildman–Crippen LogP) is 3.06. The van der Waals surface area contributed by atoms with Crippen molar-refractivity contribution in [3.63, 3.8) is 0 Å². The van der Waals surface area contributed by atoms with Gasteiger partial charge in [-0.3, -0.25) is 9.59 Å². The van der Waals surface area contributed by atoms with Gasteiger partial charge in [0.1, 0.15) is 5.69 Å². The number of rotatable bonds is 3. The van der Waals surface area contributed by atoms with Crippen molar-refractivity contribution < 1.29 is 0 Å². The van der Waals surface area contributed by atoms with Crippen LogP contribution in [0.5, 0.6) is 0 Å². The zero-order valence-corrected chi connectivity index (χ0v) is 12.7. The maximum atomic E-state index is 12.0. The Morgan fingerprint density at radius 3 is 2.10 bits per heavy atom. The molecule has 0 spiro atoms. The van der Waals surface area contributed by atoms with Crippen LogP contribution in [0.3, 0.4) is 0 Å². The molecule has 1 aliphatic heterocycles. The molecule has 0 aliphatic carbocycles. The van der Waals surface area contributed by atoms with Crippen molar-refractivity contribution in [1.29, 1.82) is 0 Å². The van der Waals surface area contributed by atoms with Gasteiger partial charge in [0.15, 0.2) is 0 Å². The molecule has 3 nitrogen and oxygen atoms in total. The second-order valence-corrected chi connectivity index (χ2v) is 6.21. The Morgan fingerprint density at radius 1 is 0.905 bits per heavy atom. The van der Waals surface area contributed by atoms with Crippen LogP contribution >= 0.6 is 0 Å². The lowest BCUT2D eigenvalue weighted by Crippen LogP contribution is -2.44. The average Bonchev–Trinajstić information content (AvgIpc) is 2.52. The van der Waals surface area contributed by atoms with E-state index < -0.39 is 0 Å². The van der Waals surface area contributed by atoms with Crippen LogP contribution in [0.25, 0.3) is 11.1 Å². The Balaban J connectivity index is 1.97. The molecular weight excluding hydrogens is 262 g/mol. The highest BCUT2D eigenvalue weighted by atomic mass is 16.2. The van der Waals surface area contributed by atoms with Crippen molar-refractivity contribution in [2.24, 2.45) is 0 Å². The molecule has 3 rings (SSSR count). The second-order valence-electron chi connectivity index (χ2n) is 6.21. The Bertz CT molecular complexity index is 700. The maximum Gasteiger partial charge on any atom is 0.250 e. The number of anilines is 1. The van der Waals surface area contributed by atoms with Crippen molar-refractivity contribution in [2.45, 2.75) is 39.0 Å². The molecule has 3 heteroatoms. The molecule has 2 aromatic carbocycles. The van der Waals surface area contributed by atoms with Gasteiger partial charge in [-0.05, 0) is 36.3 Å². The summed E-state index contributed by atoms with van der Waals surface area (Å²) < 4.78 is 0. The molecule has 1 aliphatic rings. The average molecular weight is 283 g/mol. The molecule has 0 radical (unpaired) electrons. The van der Waals surface area contributed by atoms with Gasteiger partial charge in [0.05, 0.1) is 5.56 Å². The van der Waals surface area contributed by atoms with E-state index in [0.29, 0.717) is 17.2 Å². The topological polar surface area (TPSA) is 37.4 Å². The van der Waals surface area contributed by atoms with Crippen LogP contribution in [-0.4, -0.2) is 13.1 Å². The molecule has 0 unspecified atom stereocenters. The predicted molar refractivity (Wildman–Crippen MR) is 86.9 cm³/mol. The van der Waals surface area contributed by atoms with Gasteiger partial charge in [-0.1, -0.05) is 38.1 Å². The number of hydrogen-bond acceptors (Lipinski definition) is 3. The lowest BCUT2D eigenvalue weighted by Gasteiger charge is -2.31. The van der Waals surface area contributed by atoms with E-state index in [4.69, 9.17) is 0 Å². The van der Waals surface area contributed by atoms with E-state index in [9.17, 15) is 9.59 Å². The minimum atomic E-state index is -0.326. The minimum Gasteiger partial charge on any atom is -0.368 e. The molecule has 1 saturated heterocycles. The van der Waals surface area contributed by atoms with Crippen LogP contribution in [0, 0.1) is 0 Å². The zero-order chi connectivity index (χ0) is 15.0. The molecule has 110 valence electrons. The third kappa shape index (κ3) is 2.41. The van der Waals surface area contributed by atoms with E-state index in [-0.39, 0.29) is 10.9 Å². The van der Waals surface area contributed by atoms with Gasteiger partial charge in [-0.15, -0.1) is 0 Å². The summed E-state index contributed by atoms with van der Waals surface area (Å²) in [6.45, 7) is 6.07. The van der Waals surface area contributed by atoms with Crippen molar-refractivity contribution in [3.05, 3.63) is 50.3 Å². The van der Waals surface area contributed by atoms with Crippen molar-refractivity contribution in [1.82, 2.24) is 0 Å². The van der Waals surface area contributed by atoms with E-state index in [1.54, 1.807) is 0 Å². The van der Waals surface area contributed by atoms with E-state index in [2.05, 4.69) is 30.9 Å². The van der Waals surface area contributed by atoms with Gasteiger partial charge in [-0.25, -0.2) is 0 Å². The van der Waals surface area contributed by atoms with Crippen molar-refractivity contribution in [3.8, 4) is 11.1 Å². The van der Waals surface area contributed by atoms with Gasteiger partial charge in [0.2, 0.25) is 10.9 Å². The van der Waals surface area contributed by atoms with Gasteiger partial charge in [-0.2, -0.15) is 0 Å². The molecule has 0 saturated carbocycles. The van der Waals surface area contributed by atoms with E-state index in [1.165, 1.54) is 12.0 Å². The van der Waals surface area contributed by atoms with E-state index in [0.717, 1.165) is 31.5 Å². The summed E-state index contributed by atoms with van der Waals surface area (Å²) in [7, 11) is 0. The highest BCUT2D eigenvalue weighted by Crippen LogP contribution is 2.29. The van der Waals surface area contributed by atoms with E-state index >= 15 is 0 Å². The second kappa shape index (κ2) is 5.47. The number of nitrogens with zero attached hydrogens (tertiary/aromatic N) is 1. The van der Waals surface area contributed by atoms with Gasteiger partial charge >= 0.3 is 0 Å². The molecule has 0 atom stereocenters. The Hall–Kier alpha value is -1.90. The van der Waals surface area contributed by atoms with E-state index in [1.807, 2.05) is 12.1 Å². The summed E-state index contributed by atoms with van der Waals surface area (Å²) in [5.41, 5.74) is 2.77. The summed E-state index contributed by atoms with van der Waals surface area (Å²) in [6, 6.07) is 8.05. The summed E-state index contributed by atoms with van der Waals surface area (Å²) in [4.78, 5) is 26.1.